The molecule has 20 heavy (non-hydrogen) atoms. The first-order valence-corrected chi connectivity index (χ1v) is 7.07. The lowest BCUT2D eigenvalue weighted by Gasteiger charge is -2.15. The zero-order valence-corrected chi connectivity index (χ0v) is 12.2. The fourth-order valence-electron chi connectivity index (χ4n) is 2.17. The molecule has 0 amide bonds. The number of fused-ring (bicyclic) bond motifs is 1. The topological polar surface area (TPSA) is 48.7 Å². The van der Waals surface area contributed by atoms with Gasteiger partial charge in [-0.2, -0.15) is 5.26 Å². The van der Waals surface area contributed by atoms with E-state index in [-0.39, 0.29) is 5.41 Å². The SMILES string of the molecule is CC(C)(C#N)CCNCCc1cccc2cccnc12. The monoisotopic (exact) mass is 267 g/mol. The van der Waals surface area contributed by atoms with Crippen molar-refractivity contribution in [3.05, 3.63) is 42.1 Å². The molecule has 0 saturated carbocycles. The van der Waals surface area contributed by atoms with Crippen LogP contribution in [0, 0.1) is 16.7 Å². The standard InChI is InChI=1S/C17H21N3/c1-17(2,13-18)9-12-19-11-8-15-6-3-5-14-7-4-10-20-16(14)15/h3-7,10,19H,8-9,11-12H2,1-2H3. The Morgan fingerprint density at radius 2 is 2.00 bits per heavy atom. The van der Waals surface area contributed by atoms with Gasteiger partial charge in [0.25, 0.3) is 0 Å². The van der Waals surface area contributed by atoms with Crippen molar-refractivity contribution in [1.29, 1.82) is 5.26 Å². The van der Waals surface area contributed by atoms with Crippen LogP contribution in [0.25, 0.3) is 10.9 Å². The highest BCUT2D eigenvalue weighted by Crippen LogP contribution is 2.18. The highest BCUT2D eigenvalue weighted by atomic mass is 14.8. The van der Waals surface area contributed by atoms with Crippen LogP contribution in [0.2, 0.25) is 0 Å². The summed E-state index contributed by atoms with van der Waals surface area (Å²) in [5.41, 5.74) is 2.12. The summed E-state index contributed by atoms with van der Waals surface area (Å²) < 4.78 is 0. The van der Waals surface area contributed by atoms with Gasteiger partial charge in [-0.05, 0) is 51.4 Å². The second kappa shape index (κ2) is 6.49. The van der Waals surface area contributed by atoms with E-state index in [9.17, 15) is 0 Å². The number of aromatic nitrogens is 1. The summed E-state index contributed by atoms with van der Waals surface area (Å²) in [6, 6.07) is 12.7. The van der Waals surface area contributed by atoms with Crippen molar-refractivity contribution in [2.24, 2.45) is 5.41 Å². The molecule has 0 bridgehead atoms. The Hall–Kier alpha value is -1.92. The van der Waals surface area contributed by atoms with Crippen LogP contribution in [0.1, 0.15) is 25.8 Å². The molecule has 0 aliphatic rings. The van der Waals surface area contributed by atoms with E-state index < -0.39 is 0 Å². The van der Waals surface area contributed by atoms with E-state index in [2.05, 4.69) is 40.6 Å². The lowest BCUT2D eigenvalue weighted by atomic mass is 9.91. The molecule has 0 aliphatic carbocycles. The molecule has 1 aromatic carbocycles. The van der Waals surface area contributed by atoms with E-state index in [1.165, 1.54) is 10.9 Å². The quantitative estimate of drug-likeness (QED) is 0.817. The summed E-state index contributed by atoms with van der Waals surface area (Å²) in [6.45, 7) is 5.74. The highest BCUT2D eigenvalue weighted by Gasteiger charge is 2.15. The molecular weight excluding hydrogens is 246 g/mol. The maximum absolute atomic E-state index is 8.96. The average molecular weight is 267 g/mol. The van der Waals surface area contributed by atoms with Gasteiger partial charge in [0.2, 0.25) is 0 Å². The molecule has 2 aromatic rings. The number of pyridine rings is 1. The molecule has 0 aliphatic heterocycles. The Labute approximate surface area is 120 Å². The van der Waals surface area contributed by atoms with Crippen molar-refractivity contribution in [2.75, 3.05) is 13.1 Å². The van der Waals surface area contributed by atoms with Gasteiger partial charge in [-0.15, -0.1) is 0 Å². The van der Waals surface area contributed by atoms with Crippen LogP contribution in [0.4, 0.5) is 0 Å². The van der Waals surface area contributed by atoms with Gasteiger partial charge in [0.1, 0.15) is 0 Å². The van der Waals surface area contributed by atoms with Gasteiger partial charge in [-0.1, -0.05) is 24.3 Å². The minimum Gasteiger partial charge on any atom is -0.316 e. The normalized spacial score (nSPS) is 11.4. The second-order valence-corrected chi connectivity index (χ2v) is 5.74. The van der Waals surface area contributed by atoms with Crippen molar-refractivity contribution in [1.82, 2.24) is 10.3 Å². The van der Waals surface area contributed by atoms with Gasteiger partial charge in [0, 0.05) is 11.6 Å². The number of nitrogens with zero attached hydrogens (tertiary/aromatic N) is 2. The third kappa shape index (κ3) is 3.79. The average Bonchev–Trinajstić information content (AvgIpc) is 2.47. The lowest BCUT2D eigenvalue weighted by Crippen LogP contribution is -2.23. The largest absolute Gasteiger partial charge is 0.316 e. The Morgan fingerprint density at radius 1 is 1.20 bits per heavy atom. The molecule has 3 nitrogen and oxygen atoms in total. The predicted octanol–water partition coefficient (Wildman–Crippen LogP) is 3.31. The van der Waals surface area contributed by atoms with Crippen LogP contribution in [-0.2, 0) is 6.42 Å². The number of nitriles is 1. The minimum absolute atomic E-state index is 0.242. The molecule has 0 radical (unpaired) electrons. The fraction of sp³-hybridized carbons (Fsp3) is 0.412. The molecular formula is C17H21N3. The Kier molecular flexibility index (Phi) is 4.70. The van der Waals surface area contributed by atoms with Gasteiger partial charge in [0.15, 0.2) is 0 Å². The summed E-state index contributed by atoms with van der Waals surface area (Å²) in [4.78, 5) is 4.46. The number of hydrogen-bond acceptors (Lipinski definition) is 3. The summed E-state index contributed by atoms with van der Waals surface area (Å²) in [7, 11) is 0. The zero-order chi connectivity index (χ0) is 14.4. The van der Waals surface area contributed by atoms with Gasteiger partial charge >= 0.3 is 0 Å². The van der Waals surface area contributed by atoms with E-state index in [1.807, 2.05) is 26.1 Å². The molecule has 0 unspecified atom stereocenters. The van der Waals surface area contributed by atoms with Crippen LogP contribution >= 0.6 is 0 Å². The van der Waals surface area contributed by atoms with Crippen molar-refractivity contribution in [3.63, 3.8) is 0 Å². The maximum Gasteiger partial charge on any atom is 0.0734 e. The van der Waals surface area contributed by atoms with E-state index >= 15 is 0 Å². The van der Waals surface area contributed by atoms with Gasteiger partial charge < -0.3 is 5.32 Å². The van der Waals surface area contributed by atoms with Crippen molar-refractivity contribution < 1.29 is 0 Å². The second-order valence-electron chi connectivity index (χ2n) is 5.74. The van der Waals surface area contributed by atoms with Gasteiger partial charge in [-0.25, -0.2) is 0 Å². The van der Waals surface area contributed by atoms with E-state index in [0.717, 1.165) is 31.4 Å². The molecule has 0 spiro atoms. The Bertz CT molecular complexity index is 606. The Morgan fingerprint density at radius 3 is 2.80 bits per heavy atom. The first-order valence-electron chi connectivity index (χ1n) is 7.07. The third-order valence-corrected chi connectivity index (χ3v) is 3.52. The summed E-state index contributed by atoms with van der Waals surface area (Å²) in [5.74, 6) is 0. The van der Waals surface area contributed by atoms with Crippen molar-refractivity contribution in [2.45, 2.75) is 26.7 Å². The van der Waals surface area contributed by atoms with Crippen LogP contribution in [-0.4, -0.2) is 18.1 Å². The first kappa shape index (κ1) is 14.5. The third-order valence-electron chi connectivity index (χ3n) is 3.52. The molecule has 1 heterocycles. The zero-order valence-electron chi connectivity index (χ0n) is 12.2. The van der Waals surface area contributed by atoms with Crippen LogP contribution in [0.15, 0.2) is 36.5 Å². The summed E-state index contributed by atoms with van der Waals surface area (Å²) in [5, 5.41) is 13.6. The van der Waals surface area contributed by atoms with E-state index in [1.54, 1.807) is 0 Å². The van der Waals surface area contributed by atoms with Gasteiger partial charge in [0.05, 0.1) is 17.0 Å². The van der Waals surface area contributed by atoms with E-state index in [4.69, 9.17) is 5.26 Å². The molecule has 1 aromatic heterocycles. The first-order chi connectivity index (χ1) is 9.62. The smallest absolute Gasteiger partial charge is 0.0734 e. The number of rotatable bonds is 6. The maximum atomic E-state index is 8.96. The van der Waals surface area contributed by atoms with Crippen LogP contribution in [0.3, 0.4) is 0 Å². The van der Waals surface area contributed by atoms with Crippen molar-refractivity contribution in [3.8, 4) is 6.07 Å². The molecule has 2 rings (SSSR count). The molecule has 1 N–H and O–H groups in total. The summed E-state index contributed by atoms with van der Waals surface area (Å²) >= 11 is 0. The van der Waals surface area contributed by atoms with Gasteiger partial charge in [-0.3, -0.25) is 4.98 Å². The summed E-state index contributed by atoms with van der Waals surface area (Å²) in [6.07, 6.45) is 3.67. The number of para-hydroxylation sites is 1. The van der Waals surface area contributed by atoms with E-state index in [0.29, 0.717) is 0 Å². The van der Waals surface area contributed by atoms with Crippen LogP contribution < -0.4 is 5.32 Å². The predicted molar refractivity (Wildman–Crippen MR) is 82.3 cm³/mol. The number of benzene rings is 1. The molecule has 0 saturated heterocycles. The molecule has 3 heteroatoms. The van der Waals surface area contributed by atoms with Crippen molar-refractivity contribution >= 4 is 10.9 Å². The number of nitrogens with one attached hydrogen (secondary N) is 1. The lowest BCUT2D eigenvalue weighted by molar-refractivity contribution is 0.434. The molecule has 0 fully saturated rings. The number of hydrogen-bond donors (Lipinski definition) is 1. The fourth-order valence-corrected chi connectivity index (χ4v) is 2.17. The Balaban J connectivity index is 1.86. The van der Waals surface area contributed by atoms with Crippen LogP contribution in [0.5, 0.6) is 0 Å². The minimum atomic E-state index is -0.242. The highest BCUT2D eigenvalue weighted by molar-refractivity contribution is 5.81. The molecule has 0 atom stereocenters. The molecule has 104 valence electrons.